The van der Waals surface area contributed by atoms with Gasteiger partial charge in [-0.15, -0.1) is 0 Å². The Hall–Kier alpha value is -1.94. The van der Waals surface area contributed by atoms with Crippen LogP contribution in [0.15, 0.2) is 30.3 Å². The minimum atomic E-state index is -0.257. The molecule has 5 heteroatoms. The Balaban J connectivity index is 1.84. The van der Waals surface area contributed by atoms with Gasteiger partial charge >= 0.3 is 0 Å². The highest BCUT2D eigenvalue weighted by Gasteiger charge is 2.28. The Morgan fingerprint density at radius 3 is 2.60 bits per heavy atom. The number of benzene rings is 1. The van der Waals surface area contributed by atoms with Crippen LogP contribution in [0.1, 0.15) is 24.6 Å². The third kappa shape index (κ3) is 1.96. The van der Waals surface area contributed by atoms with Crippen molar-refractivity contribution >= 4 is 11.6 Å². The van der Waals surface area contributed by atoms with Crippen molar-refractivity contribution in [1.82, 2.24) is 15.0 Å². The molecular formula is C15H11ClFN3. The molecule has 0 bridgehead atoms. The highest BCUT2D eigenvalue weighted by Crippen LogP contribution is 2.41. The summed E-state index contributed by atoms with van der Waals surface area (Å²) in [5.41, 5.74) is 3.18. The van der Waals surface area contributed by atoms with Crippen molar-refractivity contribution in [3.63, 3.8) is 0 Å². The van der Waals surface area contributed by atoms with Gasteiger partial charge in [-0.3, -0.25) is 0 Å². The first kappa shape index (κ1) is 11.9. The minimum absolute atomic E-state index is 0.257. The monoisotopic (exact) mass is 287 g/mol. The van der Waals surface area contributed by atoms with Crippen molar-refractivity contribution in [3.8, 4) is 22.6 Å². The summed E-state index contributed by atoms with van der Waals surface area (Å²) in [6.07, 6.45) is 2.31. The minimum Gasteiger partial charge on any atom is -0.342 e. The maximum absolute atomic E-state index is 13.0. The smallest absolute Gasteiger partial charge is 0.158 e. The molecule has 0 spiro atoms. The molecule has 0 unspecified atom stereocenters. The second-order valence-corrected chi connectivity index (χ2v) is 5.46. The lowest BCUT2D eigenvalue weighted by Crippen LogP contribution is -1.96. The second kappa shape index (κ2) is 4.28. The normalized spacial score (nSPS) is 14.9. The molecule has 0 radical (unpaired) electrons. The van der Waals surface area contributed by atoms with Gasteiger partial charge in [0, 0.05) is 11.5 Å². The Morgan fingerprint density at radius 1 is 1.15 bits per heavy atom. The van der Waals surface area contributed by atoms with Crippen LogP contribution in [0.5, 0.6) is 0 Å². The number of hydrogen-bond donors (Lipinski definition) is 1. The summed E-state index contributed by atoms with van der Waals surface area (Å²) < 4.78 is 13.0. The zero-order valence-corrected chi connectivity index (χ0v) is 11.3. The summed E-state index contributed by atoms with van der Waals surface area (Å²) >= 11 is 6.21. The van der Waals surface area contributed by atoms with Crippen molar-refractivity contribution < 1.29 is 4.39 Å². The number of nitrogens with zero attached hydrogens (tertiary/aromatic N) is 2. The van der Waals surface area contributed by atoms with Crippen LogP contribution in [0.2, 0.25) is 5.15 Å². The van der Waals surface area contributed by atoms with Crippen LogP contribution >= 0.6 is 11.6 Å². The van der Waals surface area contributed by atoms with Gasteiger partial charge in [0.05, 0.1) is 11.4 Å². The SMILES string of the molecule is Fc1ccc(-c2cc3[nH]c(C4CC4)nc(Cl)c-3n2)cc1. The summed E-state index contributed by atoms with van der Waals surface area (Å²) in [4.78, 5) is 12.2. The van der Waals surface area contributed by atoms with Gasteiger partial charge in [0.15, 0.2) is 5.15 Å². The van der Waals surface area contributed by atoms with E-state index < -0.39 is 0 Å². The number of rotatable bonds is 2. The molecule has 0 aromatic heterocycles. The van der Waals surface area contributed by atoms with Gasteiger partial charge in [-0.2, -0.15) is 0 Å². The molecule has 0 amide bonds. The molecule has 3 aliphatic rings. The fourth-order valence-corrected chi connectivity index (χ4v) is 2.55. The molecule has 1 aromatic carbocycles. The van der Waals surface area contributed by atoms with E-state index in [0.29, 0.717) is 16.8 Å². The van der Waals surface area contributed by atoms with Gasteiger partial charge in [-0.05, 0) is 43.2 Å². The first-order valence-corrected chi connectivity index (χ1v) is 6.90. The van der Waals surface area contributed by atoms with Crippen molar-refractivity contribution in [2.75, 3.05) is 0 Å². The molecule has 1 aromatic rings. The van der Waals surface area contributed by atoms with Crippen LogP contribution in [0.4, 0.5) is 4.39 Å². The third-order valence-electron chi connectivity index (χ3n) is 3.55. The van der Waals surface area contributed by atoms with Crippen LogP contribution < -0.4 is 0 Å². The lowest BCUT2D eigenvalue weighted by Gasteiger charge is -2.04. The van der Waals surface area contributed by atoms with Crippen LogP contribution in [-0.4, -0.2) is 15.0 Å². The molecule has 3 nitrogen and oxygen atoms in total. The molecule has 100 valence electrons. The first-order chi connectivity index (χ1) is 9.70. The van der Waals surface area contributed by atoms with Crippen molar-refractivity contribution in [2.45, 2.75) is 18.8 Å². The van der Waals surface area contributed by atoms with Gasteiger partial charge in [-0.25, -0.2) is 14.4 Å². The number of halogens is 2. The van der Waals surface area contributed by atoms with E-state index in [2.05, 4.69) is 15.0 Å². The van der Waals surface area contributed by atoms with Crippen molar-refractivity contribution in [1.29, 1.82) is 0 Å². The maximum atomic E-state index is 13.0. The summed E-state index contributed by atoms with van der Waals surface area (Å²) in [5.74, 6) is 1.17. The molecule has 2 aliphatic heterocycles. The lowest BCUT2D eigenvalue weighted by atomic mass is 10.1. The van der Waals surface area contributed by atoms with Crippen LogP contribution in [-0.2, 0) is 0 Å². The Bertz CT molecular complexity index is 747. The molecule has 1 N–H and O–H groups in total. The predicted molar refractivity (Wildman–Crippen MR) is 75.4 cm³/mol. The van der Waals surface area contributed by atoms with E-state index in [1.54, 1.807) is 12.1 Å². The zero-order chi connectivity index (χ0) is 13.7. The maximum Gasteiger partial charge on any atom is 0.158 e. The van der Waals surface area contributed by atoms with Gasteiger partial charge in [0.1, 0.15) is 17.3 Å². The average Bonchev–Trinajstić information content (AvgIpc) is 3.19. The molecule has 1 saturated carbocycles. The van der Waals surface area contributed by atoms with E-state index >= 15 is 0 Å². The highest BCUT2D eigenvalue weighted by molar-refractivity contribution is 6.31. The fraction of sp³-hybridized carbons (Fsp3) is 0.200. The summed E-state index contributed by atoms with van der Waals surface area (Å²) in [6.45, 7) is 0. The van der Waals surface area contributed by atoms with Crippen molar-refractivity contribution in [2.24, 2.45) is 0 Å². The number of aromatic nitrogens is 3. The van der Waals surface area contributed by atoms with Gasteiger partial charge in [0.2, 0.25) is 0 Å². The van der Waals surface area contributed by atoms with E-state index in [1.807, 2.05) is 6.07 Å². The zero-order valence-electron chi connectivity index (χ0n) is 10.5. The van der Waals surface area contributed by atoms with Crippen LogP contribution in [0.3, 0.4) is 0 Å². The molecule has 4 rings (SSSR count). The fourth-order valence-electron chi connectivity index (χ4n) is 2.31. The molecule has 1 fully saturated rings. The Kier molecular flexibility index (Phi) is 2.54. The van der Waals surface area contributed by atoms with E-state index in [9.17, 15) is 4.39 Å². The molecule has 20 heavy (non-hydrogen) atoms. The standard InChI is InChI=1S/C15H11ClFN3/c16-14-13-12(19-15(20-14)9-1-2-9)7-11(18-13)8-3-5-10(17)6-4-8/h3-7,9H,1-2H2,(H,19,20). The van der Waals surface area contributed by atoms with Crippen LogP contribution in [0, 0.1) is 5.82 Å². The second-order valence-electron chi connectivity index (χ2n) is 5.10. The summed E-state index contributed by atoms with van der Waals surface area (Å²) in [5, 5.41) is 0.425. The number of hydrogen-bond acceptors (Lipinski definition) is 2. The van der Waals surface area contributed by atoms with E-state index in [1.165, 1.54) is 12.1 Å². The van der Waals surface area contributed by atoms with Gasteiger partial charge in [-0.1, -0.05) is 11.6 Å². The topological polar surface area (TPSA) is 41.6 Å². The number of nitrogens with one attached hydrogen (secondary N) is 1. The van der Waals surface area contributed by atoms with E-state index in [-0.39, 0.29) is 5.82 Å². The summed E-state index contributed by atoms with van der Waals surface area (Å²) in [7, 11) is 0. The van der Waals surface area contributed by atoms with E-state index in [4.69, 9.17) is 11.6 Å². The molecule has 1 aliphatic carbocycles. The Morgan fingerprint density at radius 2 is 1.90 bits per heavy atom. The molecule has 0 saturated heterocycles. The molecule has 2 heterocycles. The van der Waals surface area contributed by atoms with Gasteiger partial charge < -0.3 is 4.98 Å². The Labute approximate surface area is 120 Å². The first-order valence-electron chi connectivity index (χ1n) is 6.53. The number of H-pyrrole nitrogens is 1. The summed E-state index contributed by atoms with van der Waals surface area (Å²) in [6, 6.07) is 8.20. The number of aromatic amines is 1. The quantitative estimate of drug-likeness (QED) is 0.716. The lowest BCUT2D eigenvalue weighted by molar-refractivity contribution is 0.628. The average molecular weight is 288 g/mol. The van der Waals surface area contributed by atoms with E-state index in [0.717, 1.165) is 35.6 Å². The molecule has 0 atom stereocenters. The predicted octanol–water partition coefficient (Wildman–Crippen LogP) is 4.25. The van der Waals surface area contributed by atoms with Crippen LogP contribution in [0.25, 0.3) is 22.6 Å². The van der Waals surface area contributed by atoms with Gasteiger partial charge in [0.25, 0.3) is 0 Å². The van der Waals surface area contributed by atoms with Crippen molar-refractivity contribution in [3.05, 3.63) is 47.1 Å². The third-order valence-corrected chi connectivity index (χ3v) is 3.81. The largest absolute Gasteiger partial charge is 0.342 e. The number of fused-ring (bicyclic) bond motifs is 1. The highest BCUT2D eigenvalue weighted by atomic mass is 35.5. The molecular weight excluding hydrogens is 277 g/mol.